The van der Waals surface area contributed by atoms with Gasteiger partial charge in [0.2, 0.25) is 5.91 Å². The highest BCUT2D eigenvalue weighted by molar-refractivity contribution is 7.98. The minimum absolute atomic E-state index is 0.119. The molecular formula is C20H35N7OS. The van der Waals surface area contributed by atoms with Gasteiger partial charge < -0.3 is 20.1 Å². The second-order valence-corrected chi connectivity index (χ2v) is 8.50. The molecule has 3 rings (SSSR count). The molecular weight excluding hydrogens is 386 g/mol. The fraction of sp³-hybridized carbons (Fsp3) is 0.800. The Kier molecular flexibility index (Phi) is 8.64. The summed E-state index contributed by atoms with van der Waals surface area (Å²) in [5.74, 6) is 1.92. The molecule has 2 heterocycles. The van der Waals surface area contributed by atoms with Gasteiger partial charge in [-0.3, -0.25) is 4.79 Å². The van der Waals surface area contributed by atoms with Crippen LogP contribution in [0.5, 0.6) is 0 Å². The van der Waals surface area contributed by atoms with E-state index in [9.17, 15) is 4.79 Å². The number of carbonyl (C=O) groups excluding carboxylic acids is 1. The van der Waals surface area contributed by atoms with Crippen LogP contribution in [0.4, 0.5) is 0 Å². The summed E-state index contributed by atoms with van der Waals surface area (Å²) >= 11 is 1.68. The Bertz CT molecular complexity index is 678. The number of amides is 1. The lowest BCUT2D eigenvalue weighted by molar-refractivity contribution is -0.128. The number of thioether (sulfide) groups is 1. The number of aromatic nitrogens is 3. The molecule has 0 aromatic carbocycles. The Labute approximate surface area is 178 Å². The molecule has 1 aliphatic carbocycles. The van der Waals surface area contributed by atoms with E-state index < -0.39 is 0 Å². The first kappa shape index (κ1) is 21.9. The maximum Gasteiger partial charge on any atom is 0.244 e. The van der Waals surface area contributed by atoms with Gasteiger partial charge in [-0.15, -0.1) is 10.2 Å². The number of guanidine groups is 1. The Balaban J connectivity index is 1.48. The van der Waals surface area contributed by atoms with Gasteiger partial charge in [0.25, 0.3) is 0 Å². The highest BCUT2D eigenvalue weighted by atomic mass is 32.2. The molecule has 1 aromatic heterocycles. The van der Waals surface area contributed by atoms with Crippen molar-refractivity contribution in [2.75, 3.05) is 39.0 Å². The molecule has 9 heteroatoms. The van der Waals surface area contributed by atoms with Crippen LogP contribution in [-0.4, -0.2) is 70.5 Å². The highest BCUT2D eigenvalue weighted by Crippen LogP contribution is 2.33. The molecule has 0 spiro atoms. The summed E-state index contributed by atoms with van der Waals surface area (Å²) in [6.07, 6.45) is 11.2. The van der Waals surface area contributed by atoms with E-state index in [-0.39, 0.29) is 12.5 Å². The quantitative estimate of drug-likeness (QED) is 0.275. The first-order valence-electron chi connectivity index (χ1n) is 11.0. The summed E-state index contributed by atoms with van der Waals surface area (Å²) in [4.78, 5) is 18.6. The van der Waals surface area contributed by atoms with Crippen LogP contribution in [0.25, 0.3) is 0 Å². The molecule has 0 bridgehead atoms. The Morgan fingerprint density at radius 1 is 1.17 bits per heavy atom. The fourth-order valence-corrected chi connectivity index (χ4v) is 4.73. The molecule has 0 unspecified atom stereocenters. The van der Waals surface area contributed by atoms with Gasteiger partial charge in [-0.25, -0.2) is 4.99 Å². The van der Waals surface area contributed by atoms with E-state index in [1.165, 1.54) is 25.7 Å². The number of nitrogens with one attached hydrogen (secondary N) is 2. The van der Waals surface area contributed by atoms with Crippen LogP contribution in [0.15, 0.2) is 10.1 Å². The van der Waals surface area contributed by atoms with Crippen LogP contribution in [0.1, 0.15) is 63.7 Å². The van der Waals surface area contributed by atoms with Gasteiger partial charge >= 0.3 is 0 Å². The van der Waals surface area contributed by atoms with Crippen LogP contribution in [0.3, 0.4) is 0 Å². The van der Waals surface area contributed by atoms with Gasteiger partial charge in [0.1, 0.15) is 12.4 Å². The van der Waals surface area contributed by atoms with Gasteiger partial charge in [-0.2, -0.15) is 0 Å². The third-order valence-corrected chi connectivity index (χ3v) is 6.30. The fourth-order valence-electron chi connectivity index (χ4n) is 4.15. The lowest BCUT2D eigenvalue weighted by Crippen LogP contribution is -2.39. The van der Waals surface area contributed by atoms with Crippen molar-refractivity contribution in [1.29, 1.82) is 0 Å². The average Bonchev–Trinajstić information content (AvgIpc) is 3.49. The zero-order valence-corrected chi connectivity index (χ0v) is 18.6. The van der Waals surface area contributed by atoms with Crippen LogP contribution in [0, 0.1) is 0 Å². The Hall–Kier alpha value is -1.77. The van der Waals surface area contributed by atoms with Crippen molar-refractivity contribution in [3.63, 3.8) is 0 Å². The summed E-state index contributed by atoms with van der Waals surface area (Å²) < 4.78 is 2.37. The van der Waals surface area contributed by atoms with Crippen molar-refractivity contribution >= 4 is 23.6 Å². The van der Waals surface area contributed by atoms with Crippen LogP contribution < -0.4 is 10.6 Å². The predicted octanol–water partition coefficient (Wildman–Crippen LogP) is 2.23. The summed E-state index contributed by atoms with van der Waals surface area (Å²) in [6.45, 7) is 5.55. The Morgan fingerprint density at radius 2 is 1.93 bits per heavy atom. The van der Waals surface area contributed by atoms with Gasteiger partial charge in [0.05, 0.1) is 0 Å². The molecule has 2 fully saturated rings. The van der Waals surface area contributed by atoms with Gasteiger partial charge in [-0.05, 0) is 45.3 Å². The minimum atomic E-state index is 0.119. The molecule has 162 valence electrons. The SMILES string of the molecule is CCNC(=NCC(=O)N1CCCC1)NCCCc1nnc(SC)n1C1CCCC1. The molecule has 1 saturated carbocycles. The normalized spacial score (nSPS) is 17.9. The smallest absolute Gasteiger partial charge is 0.244 e. The van der Waals surface area contributed by atoms with Crippen molar-refractivity contribution in [3.8, 4) is 0 Å². The first-order valence-corrected chi connectivity index (χ1v) is 12.2. The molecule has 0 atom stereocenters. The van der Waals surface area contributed by atoms with E-state index in [1.807, 2.05) is 11.8 Å². The van der Waals surface area contributed by atoms with Crippen molar-refractivity contribution in [1.82, 2.24) is 30.3 Å². The molecule has 29 heavy (non-hydrogen) atoms. The van der Waals surface area contributed by atoms with Crippen molar-refractivity contribution in [2.24, 2.45) is 4.99 Å². The van der Waals surface area contributed by atoms with Crippen LogP contribution >= 0.6 is 11.8 Å². The topological polar surface area (TPSA) is 87.4 Å². The lowest BCUT2D eigenvalue weighted by atomic mass is 10.2. The molecule has 1 saturated heterocycles. The lowest BCUT2D eigenvalue weighted by Gasteiger charge is -2.17. The molecule has 2 aliphatic rings. The number of rotatable bonds is 9. The largest absolute Gasteiger partial charge is 0.357 e. The number of aliphatic imine (C=N–C) groups is 1. The molecule has 8 nitrogen and oxygen atoms in total. The van der Waals surface area contributed by atoms with E-state index in [1.54, 1.807) is 11.8 Å². The molecule has 1 amide bonds. The second kappa shape index (κ2) is 11.4. The predicted molar refractivity (Wildman–Crippen MR) is 117 cm³/mol. The molecule has 2 N–H and O–H groups in total. The minimum Gasteiger partial charge on any atom is -0.357 e. The second-order valence-electron chi connectivity index (χ2n) is 7.72. The van der Waals surface area contributed by atoms with Crippen molar-refractivity contribution in [3.05, 3.63) is 5.82 Å². The van der Waals surface area contributed by atoms with Crippen LogP contribution in [-0.2, 0) is 11.2 Å². The van der Waals surface area contributed by atoms with E-state index in [0.717, 1.165) is 62.8 Å². The van der Waals surface area contributed by atoms with E-state index in [4.69, 9.17) is 0 Å². The average molecular weight is 422 g/mol. The maximum atomic E-state index is 12.2. The highest BCUT2D eigenvalue weighted by Gasteiger charge is 2.23. The zero-order chi connectivity index (χ0) is 20.5. The van der Waals surface area contributed by atoms with Gasteiger partial charge in [-0.1, -0.05) is 24.6 Å². The molecule has 0 radical (unpaired) electrons. The Morgan fingerprint density at radius 3 is 2.62 bits per heavy atom. The number of nitrogens with zero attached hydrogens (tertiary/aromatic N) is 5. The summed E-state index contributed by atoms with van der Waals surface area (Å²) in [6, 6.07) is 0.561. The van der Waals surface area contributed by atoms with Gasteiger partial charge in [0.15, 0.2) is 11.1 Å². The maximum absolute atomic E-state index is 12.2. The third-order valence-electron chi connectivity index (χ3n) is 5.65. The first-order chi connectivity index (χ1) is 14.2. The van der Waals surface area contributed by atoms with E-state index in [0.29, 0.717) is 12.0 Å². The summed E-state index contributed by atoms with van der Waals surface area (Å²) in [7, 11) is 0. The standard InChI is InChI=1S/C20H35N7OS/c1-3-21-19(23-15-18(28)26-13-6-7-14-26)22-12-8-11-17-24-25-20(29-2)27(17)16-9-4-5-10-16/h16H,3-15H2,1-2H3,(H2,21,22,23). The number of hydrogen-bond donors (Lipinski definition) is 2. The summed E-state index contributed by atoms with van der Waals surface area (Å²) in [5.41, 5.74) is 0. The monoisotopic (exact) mass is 421 g/mol. The zero-order valence-electron chi connectivity index (χ0n) is 17.8. The van der Waals surface area contributed by atoms with E-state index >= 15 is 0 Å². The van der Waals surface area contributed by atoms with Crippen molar-refractivity contribution < 1.29 is 4.79 Å². The van der Waals surface area contributed by atoms with Crippen LogP contribution in [0.2, 0.25) is 0 Å². The van der Waals surface area contributed by atoms with Crippen molar-refractivity contribution in [2.45, 2.75) is 69.5 Å². The summed E-state index contributed by atoms with van der Waals surface area (Å²) in [5, 5.41) is 16.5. The molecule has 1 aromatic rings. The number of aryl methyl sites for hydroxylation is 1. The van der Waals surface area contributed by atoms with Gasteiger partial charge in [0, 0.05) is 38.6 Å². The number of carbonyl (C=O) groups is 1. The van der Waals surface area contributed by atoms with E-state index in [2.05, 4.69) is 36.6 Å². The molecule has 1 aliphatic heterocycles. The number of hydrogen-bond acceptors (Lipinski definition) is 5. The third kappa shape index (κ3) is 6.10. The number of likely N-dealkylation sites (tertiary alicyclic amines) is 1.